The molecule has 0 bridgehead atoms. The number of hydrogen-bond acceptors (Lipinski definition) is 5. The fraction of sp³-hybridized carbons (Fsp3) is 0.136. The number of rotatable bonds is 5. The Morgan fingerprint density at radius 3 is 2.70 bits per heavy atom. The quantitative estimate of drug-likeness (QED) is 0.514. The van der Waals surface area contributed by atoms with Crippen LogP contribution in [0.1, 0.15) is 18.2 Å². The third kappa shape index (κ3) is 3.32. The second kappa shape index (κ2) is 7.47. The molecule has 1 aliphatic heterocycles. The van der Waals surface area contributed by atoms with Crippen LogP contribution in [-0.4, -0.2) is 30.3 Å². The lowest BCUT2D eigenvalue weighted by Crippen LogP contribution is -2.40. The number of carbonyl (C=O) groups excluding carboxylic acids is 2. The molecule has 2 aromatic carbocycles. The van der Waals surface area contributed by atoms with Crippen LogP contribution < -0.4 is 10.1 Å². The number of ether oxygens (including phenoxy) is 1. The zero-order valence-electron chi connectivity index (χ0n) is 16.3. The number of hydrogen-bond donors (Lipinski definition) is 1. The van der Waals surface area contributed by atoms with Gasteiger partial charge in [0.1, 0.15) is 28.6 Å². The summed E-state index contributed by atoms with van der Waals surface area (Å²) < 4.78 is 24.7. The van der Waals surface area contributed by atoms with Gasteiger partial charge in [0.2, 0.25) is 0 Å². The SMILES string of the molecule is COc1cccc([C@@]2(C)NC(=O)N(/N=C\c3ccc(-c4ccccc4F)o3)C2=O)c1. The average Bonchev–Trinajstić information content (AvgIpc) is 3.30. The minimum Gasteiger partial charge on any atom is -0.497 e. The fourth-order valence-electron chi connectivity index (χ4n) is 3.20. The summed E-state index contributed by atoms with van der Waals surface area (Å²) in [7, 11) is 1.52. The molecule has 3 aromatic rings. The van der Waals surface area contributed by atoms with Crippen LogP contribution in [0.3, 0.4) is 0 Å². The summed E-state index contributed by atoms with van der Waals surface area (Å²) in [6, 6.07) is 15.6. The minimum absolute atomic E-state index is 0.267. The first-order chi connectivity index (χ1) is 14.4. The Morgan fingerprint density at radius 1 is 1.13 bits per heavy atom. The molecule has 0 aliphatic carbocycles. The summed E-state index contributed by atoms with van der Waals surface area (Å²) in [6.45, 7) is 1.60. The molecular weight excluding hydrogens is 389 g/mol. The molecule has 30 heavy (non-hydrogen) atoms. The number of methoxy groups -OCH3 is 1. The van der Waals surface area contributed by atoms with Crippen molar-refractivity contribution in [3.8, 4) is 17.1 Å². The van der Waals surface area contributed by atoms with Gasteiger partial charge in [-0.2, -0.15) is 5.10 Å². The average molecular weight is 407 g/mol. The van der Waals surface area contributed by atoms with E-state index >= 15 is 0 Å². The highest BCUT2D eigenvalue weighted by molar-refractivity contribution is 6.07. The normalized spacial score (nSPS) is 18.8. The standard InChI is InChI=1S/C22H18FN3O4/c1-22(14-6-5-7-15(12-14)29-2)20(27)26(21(28)25-22)24-13-16-10-11-19(30-16)17-8-3-4-9-18(17)23/h3-13H,1-2H3,(H,25,28)/b24-13-/t22-/m1/s1. The fourth-order valence-corrected chi connectivity index (χ4v) is 3.20. The summed E-state index contributed by atoms with van der Waals surface area (Å²) in [4.78, 5) is 25.3. The lowest BCUT2D eigenvalue weighted by molar-refractivity contribution is -0.131. The molecule has 3 amide bonds. The second-order valence-corrected chi connectivity index (χ2v) is 6.83. The number of benzene rings is 2. The highest BCUT2D eigenvalue weighted by Gasteiger charge is 2.49. The van der Waals surface area contributed by atoms with E-state index in [-0.39, 0.29) is 5.76 Å². The lowest BCUT2D eigenvalue weighted by atomic mass is 9.92. The van der Waals surface area contributed by atoms with Gasteiger partial charge < -0.3 is 14.5 Å². The van der Waals surface area contributed by atoms with E-state index in [0.29, 0.717) is 22.6 Å². The zero-order valence-corrected chi connectivity index (χ0v) is 16.3. The molecule has 1 aliphatic rings. The summed E-state index contributed by atoms with van der Waals surface area (Å²) in [5.41, 5.74) is -0.416. The summed E-state index contributed by atoms with van der Waals surface area (Å²) in [5, 5.41) is 7.38. The third-order valence-corrected chi connectivity index (χ3v) is 4.88. The van der Waals surface area contributed by atoms with E-state index in [9.17, 15) is 14.0 Å². The molecule has 4 rings (SSSR count). The van der Waals surface area contributed by atoms with Crippen LogP contribution in [0.25, 0.3) is 11.3 Å². The number of amides is 3. The molecule has 0 radical (unpaired) electrons. The van der Waals surface area contributed by atoms with Crippen LogP contribution >= 0.6 is 0 Å². The van der Waals surface area contributed by atoms with Gasteiger partial charge in [-0.25, -0.2) is 9.18 Å². The smallest absolute Gasteiger partial charge is 0.346 e. The number of imide groups is 1. The number of carbonyl (C=O) groups is 2. The zero-order chi connectivity index (χ0) is 21.3. The number of halogens is 1. The van der Waals surface area contributed by atoms with E-state index in [1.807, 2.05) is 0 Å². The van der Waals surface area contributed by atoms with Gasteiger partial charge in [-0.05, 0) is 48.9 Å². The lowest BCUT2D eigenvalue weighted by Gasteiger charge is -2.21. The monoisotopic (exact) mass is 407 g/mol. The molecule has 0 saturated carbocycles. The van der Waals surface area contributed by atoms with E-state index in [1.165, 1.54) is 19.4 Å². The highest BCUT2D eigenvalue weighted by Crippen LogP contribution is 2.31. The second-order valence-electron chi connectivity index (χ2n) is 6.83. The molecule has 0 spiro atoms. The third-order valence-electron chi connectivity index (χ3n) is 4.88. The van der Waals surface area contributed by atoms with Crippen molar-refractivity contribution in [3.63, 3.8) is 0 Å². The van der Waals surface area contributed by atoms with Crippen molar-refractivity contribution >= 4 is 18.2 Å². The molecule has 7 nitrogen and oxygen atoms in total. The summed E-state index contributed by atoms with van der Waals surface area (Å²) in [6.07, 6.45) is 1.24. The first-order valence-corrected chi connectivity index (χ1v) is 9.12. The van der Waals surface area contributed by atoms with Gasteiger partial charge in [-0.3, -0.25) is 4.79 Å². The van der Waals surface area contributed by atoms with Crippen molar-refractivity contribution in [2.24, 2.45) is 5.10 Å². The van der Waals surface area contributed by atoms with Crippen LogP contribution in [0, 0.1) is 5.82 Å². The number of urea groups is 1. The highest BCUT2D eigenvalue weighted by atomic mass is 19.1. The molecule has 1 N–H and O–H groups in total. The van der Waals surface area contributed by atoms with Crippen molar-refractivity contribution in [3.05, 3.63) is 77.8 Å². The van der Waals surface area contributed by atoms with E-state index in [0.717, 1.165) is 5.01 Å². The Bertz CT molecular complexity index is 1160. The Balaban J connectivity index is 1.57. The van der Waals surface area contributed by atoms with Crippen molar-refractivity contribution in [1.29, 1.82) is 0 Å². The number of nitrogens with one attached hydrogen (secondary N) is 1. The predicted octanol–water partition coefficient (Wildman–Crippen LogP) is 3.90. The van der Waals surface area contributed by atoms with Gasteiger partial charge in [0, 0.05) is 0 Å². The Labute approximate surface area is 171 Å². The molecule has 1 aromatic heterocycles. The van der Waals surface area contributed by atoms with E-state index in [2.05, 4.69) is 10.4 Å². The molecular formula is C22H18FN3O4. The van der Waals surface area contributed by atoms with Crippen molar-refractivity contribution in [2.45, 2.75) is 12.5 Å². The number of nitrogens with zero attached hydrogens (tertiary/aromatic N) is 2. The maximum Gasteiger partial charge on any atom is 0.346 e. The summed E-state index contributed by atoms with van der Waals surface area (Å²) in [5.74, 6) is 0.183. The van der Waals surface area contributed by atoms with Crippen molar-refractivity contribution in [2.75, 3.05) is 7.11 Å². The molecule has 8 heteroatoms. The van der Waals surface area contributed by atoms with Gasteiger partial charge in [-0.15, -0.1) is 5.01 Å². The van der Waals surface area contributed by atoms with Gasteiger partial charge in [-0.1, -0.05) is 24.3 Å². The van der Waals surface area contributed by atoms with Crippen LogP contribution in [0.2, 0.25) is 0 Å². The molecule has 1 fully saturated rings. The maximum atomic E-state index is 13.9. The Morgan fingerprint density at radius 2 is 1.93 bits per heavy atom. The Hall–Kier alpha value is -3.94. The molecule has 1 saturated heterocycles. The first-order valence-electron chi connectivity index (χ1n) is 9.12. The van der Waals surface area contributed by atoms with Gasteiger partial charge in [0.05, 0.1) is 18.9 Å². The van der Waals surface area contributed by atoms with Crippen LogP contribution in [-0.2, 0) is 10.3 Å². The van der Waals surface area contributed by atoms with Gasteiger partial charge in [0.15, 0.2) is 0 Å². The van der Waals surface area contributed by atoms with E-state index < -0.39 is 23.3 Å². The van der Waals surface area contributed by atoms with Crippen LogP contribution in [0.15, 0.2) is 70.2 Å². The van der Waals surface area contributed by atoms with E-state index in [4.69, 9.17) is 9.15 Å². The molecule has 152 valence electrons. The first kappa shape index (κ1) is 19.4. The molecule has 1 atom stereocenters. The molecule has 0 unspecified atom stereocenters. The Kier molecular flexibility index (Phi) is 4.83. The van der Waals surface area contributed by atoms with Crippen LogP contribution in [0.4, 0.5) is 9.18 Å². The largest absolute Gasteiger partial charge is 0.497 e. The summed E-state index contributed by atoms with van der Waals surface area (Å²) >= 11 is 0. The minimum atomic E-state index is -1.29. The number of hydrazone groups is 1. The van der Waals surface area contributed by atoms with Crippen molar-refractivity contribution < 1.29 is 23.1 Å². The predicted molar refractivity (Wildman–Crippen MR) is 107 cm³/mol. The molecule has 2 heterocycles. The van der Waals surface area contributed by atoms with Gasteiger partial charge in [0.25, 0.3) is 5.91 Å². The van der Waals surface area contributed by atoms with E-state index in [1.54, 1.807) is 61.5 Å². The number of furan rings is 1. The van der Waals surface area contributed by atoms with Crippen molar-refractivity contribution in [1.82, 2.24) is 10.3 Å². The topological polar surface area (TPSA) is 84.1 Å². The van der Waals surface area contributed by atoms with Crippen LogP contribution in [0.5, 0.6) is 5.75 Å². The maximum absolute atomic E-state index is 13.9. The van der Waals surface area contributed by atoms with Gasteiger partial charge >= 0.3 is 6.03 Å².